The third-order valence-corrected chi connectivity index (χ3v) is 3.99. The summed E-state index contributed by atoms with van der Waals surface area (Å²) in [5, 5.41) is 8.15. The fourth-order valence-electron chi connectivity index (χ4n) is 2.86. The van der Waals surface area contributed by atoms with Gasteiger partial charge in [-0.3, -0.25) is 9.69 Å². The fourth-order valence-corrected chi connectivity index (χ4v) is 2.86. The molecule has 8 heteroatoms. The highest BCUT2D eigenvalue weighted by Crippen LogP contribution is 2.18. The van der Waals surface area contributed by atoms with E-state index in [4.69, 9.17) is 4.74 Å². The van der Waals surface area contributed by atoms with E-state index < -0.39 is 5.60 Å². The van der Waals surface area contributed by atoms with E-state index in [1.807, 2.05) is 30.2 Å². The van der Waals surface area contributed by atoms with E-state index >= 15 is 0 Å². The second-order valence-corrected chi connectivity index (χ2v) is 6.99. The van der Waals surface area contributed by atoms with Crippen molar-refractivity contribution in [2.45, 2.75) is 52.3 Å². The highest BCUT2D eigenvalue weighted by Gasteiger charge is 2.31. The number of fused-ring (bicyclic) bond motifs is 1. The Morgan fingerprint density at radius 1 is 1.00 bits per heavy atom. The molecule has 1 aromatic rings. The smallest absolute Gasteiger partial charge is 0.410 e. The average Bonchev–Trinajstić information content (AvgIpc) is 3.13. The van der Waals surface area contributed by atoms with E-state index in [2.05, 4.69) is 10.2 Å². The maximum atomic E-state index is 12.5. The van der Waals surface area contributed by atoms with Gasteiger partial charge >= 0.3 is 6.09 Å². The highest BCUT2D eigenvalue weighted by molar-refractivity contribution is 5.91. The van der Waals surface area contributed by atoms with Gasteiger partial charge in [0.05, 0.1) is 6.54 Å². The zero-order valence-corrected chi connectivity index (χ0v) is 13.9. The van der Waals surface area contributed by atoms with Crippen LogP contribution in [-0.4, -0.2) is 61.8 Å². The number of hydrogen-bond donors (Lipinski definition) is 0. The summed E-state index contributed by atoms with van der Waals surface area (Å²) in [4.78, 5) is 28.0. The summed E-state index contributed by atoms with van der Waals surface area (Å²) in [6, 6.07) is 0. The Morgan fingerprint density at radius 3 is 2.35 bits per heavy atom. The number of carbonyl (C=O) groups is 2. The summed E-state index contributed by atoms with van der Waals surface area (Å²) in [6.07, 6.45) is 1.72. The van der Waals surface area contributed by atoms with Crippen molar-refractivity contribution in [3.8, 4) is 0 Å². The van der Waals surface area contributed by atoms with E-state index in [0.717, 1.165) is 25.9 Å². The van der Waals surface area contributed by atoms with Crippen LogP contribution in [-0.2, 0) is 17.8 Å². The van der Waals surface area contributed by atoms with Crippen molar-refractivity contribution >= 4 is 12.0 Å². The molecule has 2 aliphatic heterocycles. The Labute approximate surface area is 135 Å². The number of nitrogens with zero attached hydrogens (tertiary/aromatic N) is 5. The summed E-state index contributed by atoms with van der Waals surface area (Å²) >= 11 is 0. The van der Waals surface area contributed by atoms with Gasteiger partial charge in [-0.2, -0.15) is 0 Å². The van der Waals surface area contributed by atoms with Crippen LogP contribution in [0.25, 0.3) is 0 Å². The van der Waals surface area contributed by atoms with Gasteiger partial charge in [-0.25, -0.2) is 4.79 Å². The lowest BCUT2D eigenvalue weighted by Crippen LogP contribution is -2.42. The number of carbonyl (C=O) groups excluding carboxylic acids is 2. The molecule has 1 saturated heterocycles. The molecule has 0 N–H and O–H groups in total. The predicted octanol–water partition coefficient (Wildman–Crippen LogP) is 1.26. The van der Waals surface area contributed by atoms with Crippen molar-refractivity contribution in [2.75, 3.05) is 19.6 Å². The molecule has 0 radical (unpaired) electrons. The molecule has 2 amide bonds. The van der Waals surface area contributed by atoms with Crippen LogP contribution >= 0.6 is 0 Å². The summed E-state index contributed by atoms with van der Waals surface area (Å²) in [6.45, 7) is 8.39. The Bertz CT molecular complexity index is 613. The van der Waals surface area contributed by atoms with Gasteiger partial charge in [-0.15, -0.1) is 10.2 Å². The molecular weight excluding hydrogens is 298 g/mol. The maximum absolute atomic E-state index is 12.5. The van der Waals surface area contributed by atoms with Crippen LogP contribution < -0.4 is 0 Å². The monoisotopic (exact) mass is 321 g/mol. The topological polar surface area (TPSA) is 80.6 Å². The quantitative estimate of drug-likeness (QED) is 0.778. The summed E-state index contributed by atoms with van der Waals surface area (Å²) < 4.78 is 7.20. The van der Waals surface area contributed by atoms with Crippen molar-refractivity contribution in [1.82, 2.24) is 24.6 Å². The lowest BCUT2D eigenvalue weighted by molar-refractivity contribution is 0.0194. The van der Waals surface area contributed by atoms with Crippen LogP contribution in [0.15, 0.2) is 0 Å². The zero-order valence-electron chi connectivity index (χ0n) is 13.9. The minimum atomic E-state index is -0.529. The molecule has 0 saturated carbocycles. The summed E-state index contributed by atoms with van der Waals surface area (Å²) in [5.41, 5.74) is -0.529. The third kappa shape index (κ3) is 3.30. The first-order valence-electron chi connectivity index (χ1n) is 8.04. The largest absolute Gasteiger partial charge is 0.444 e. The molecule has 2 aliphatic rings. The molecule has 8 nitrogen and oxygen atoms in total. The Balaban J connectivity index is 1.71. The average molecular weight is 321 g/mol. The molecule has 126 valence electrons. The SMILES string of the molecule is CC(C)(C)OC(=O)N1CCn2c(nnc2C(=O)N2CCCC2)C1. The number of likely N-dealkylation sites (tertiary alicyclic amines) is 1. The fraction of sp³-hybridized carbons (Fsp3) is 0.733. The van der Waals surface area contributed by atoms with Crippen LogP contribution in [0.2, 0.25) is 0 Å². The van der Waals surface area contributed by atoms with Crippen LogP contribution in [0, 0.1) is 0 Å². The zero-order chi connectivity index (χ0) is 16.6. The van der Waals surface area contributed by atoms with Crippen LogP contribution in [0.5, 0.6) is 0 Å². The van der Waals surface area contributed by atoms with Gasteiger partial charge in [0.2, 0.25) is 5.82 Å². The van der Waals surface area contributed by atoms with E-state index in [1.54, 1.807) is 4.90 Å². The molecule has 1 aromatic heterocycles. The second kappa shape index (κ2) is 5.82. The lowest BCUT2D eigenvalue weighted by Gasteiger charge is -2.30. The van der Waals surface area contributed by atoms with Crippen molar-refractivity contribution < 1.29 is 14.3 Å². The lowest BCUT2D eigenvalue weighted by atomic mass is 10.2. The molecule has 0 aliphatic carbocycles. The van der Waals surface area contributed by atoms with Crippen molar-refractivity contribution in [3.05, 3.63) is 11.6 Å². The van der Waals surface area contributed by atoms with Gasteiger partial charge in [0.25, 0.3) is 5.91 Å². The van der Waals surface area contributed by atoms with E-state index in [-0.39, 0.29) is 12.0 Å². The minimum absolute atomic E-state index is 0.0630. The Hall–Kier alpha value is -2.12. The van der Waals surface area contributed by atoms with Crippen molar-refractivity contribution in [1.29, 1.82) is 0 Å². The molecule has 3 heterocycles. The van der Waals surface area contributed by atoms with Gasteiger partial charge in [0.1, 0.15) is 5.60 Å². The predicted molar refractivity (Wildman–Crippen MR) is 81.8 cm³/mol. The first kappa shape index (κ1) is 15.8. The molecule has 3 rings (SSSR count). The van der Waals surface area contributed by atoms with Gasteiger partial charge in [-0.1, -0.05) is 0 Å². The molecule has 1 fully saturated rings. The van der Waals surface area contributed by atoms with Gasteiger partial charge in [0.15, 0.2) is 5.82 Å². The number of amides is 2. The van der Waals surface area contributed by atoms with E-state index in [9.17, 15) is 9.59 Å². The molecule has 0 atom stereocenters. The number of hydrogen-bond acceptors (Lipinski definition) is 5. The van der Waals surface area contributed by atoms with E-state index in [0.29, 0.717) is 31.3 Å². The van der Waals surface area contributed by atoms with Gasteiger partial charge in [0, 0.05) is 26.2 Å². The Morgan fingerprint density at radius 2 is 1.70 bits per heavy atom. The third-order valence-electron chi connectivity index (χ3n) is 3.99. The van der Waals surface area contributed by atoms with E-state index in [1.165, 1.54) is 0 Å². The highest BCUT2D eigenvalue weighted by atomic mass is 16.6. The number of rotatable bonds is 1. The molecular formula is C15H23N5O3. The summed E-state index contributed by atoms with van der Waals surface area (Å²) in [7, 11) is 0. The minimum Gasteiger partial charge on any atom is -0.444 e. The first-order chi connectivity index (χ1) is 10.8. The van der Waals surface area contributed by atoms with Crippen LogP contribution in [0.4, 0.5) is 4.79 Å². The summed E-state index contributed by atoms with van der Waals surface area (Å²) in [5.74, 6) is 0.947. The van der Waals surface area contributed by atoms with Gasteiger partial charge < -0.3 is 14.2 Å². The van der Waals surface area contributed by atoms with Crippen LogP contribution in [0.1, 0.15) is 50.1 Å². The van der Waals surface area contributed by atoms with Crippen molar-refractivity contribution in [3.63, 3.8) is 0 Å². The first-order valence-corrected chi connectivity index (χ1v) is 8.04. The molecule has 23 heavy (non-hydrogen) atoms. The molecule has 0 spiro atoms. The standard InChI is InChI=1S/C15H23N5O3/c1-15(2,3)23-14(22)19-8-9-20-11(10-19)16-17-12(20)13(21)18-6-4-5-7-18/h4-10H2,1-3H3. The van der Waals surface area contributed by atoms with Crippen molar-refractivity contribution in [2.24, 2.45) is 0 Å². The second-order valence-electron chi connectivity index (χ2n) is 6.99. The van der Waals surface area contributed by atoms with Gasteiger partial charge in [-0.05, 0) is 33.6 Å². The molecule has 0 bridgehead atoms. The Kier molecular flexibility index (Phi) is 3.99. The maximum Gasteiger partial charge on any atom is 0.410 e. The van der Waals surface area contributed by atoms with Crippen LogP contribution in [0.3, 0.4) is 0 Å². The molecule has 0 aromatic carbocycles. The normalized spacial score (nSPS) is 18.0. The number of ether oxygens (including phenoxy) is 1. The molecule has 0 unspecified atom stereocenters. The number of aromatic nitrogens is 3.